The first-order valence-corrected chi connectivity index (χ1v) is 6.90. The number of hydrogen-bond acceptors (Lipinski definition) is 3. The molecule has 8 heteroatoms. The summed E-state index contributed by atoms with van der Waals surface area (Å²) in [6.45, 7) is -0.0411. The predicted molar refractivity (Wildman–Crippen MR) is 76.9 cm³/mol. The monoisotopic (exact) mass is 394 g/mol. The largest absolute Gasteiger partial charge is 0.480 e. The van der Waals surface area contributed by atoms with Crippen molar-refractivity contribution in [1.29, 1.82) is 0 Å². The molecule has 1 fully saturated rings. The second-order valence-corrected chi connectivity index (χ2v) is 5.61. The zero-order chi connectivity index (χ0) is 14.9. The molecule has 0 saturated carbocycles. The molecule has 1 heterocycles. The quantitative estimate of drug-likeness (QED) is 0.664. The maximum absolute atomic E-state index is 13.0. The van der Waals surface area contributed by atoms with Crippen molar-refractivity contribution >= 4 is 40.3 Å². The van der Waals surface area contributed by atoms with Crippen molar-refractivity contribution in [1.82, 2.24) is 4.90 Å². The summed E-state index contributed by atoms with van der Waals surface area (Å²) in [5.74, 6) is -1.59. The highest BCUT2D eigenvalue weighted by molar-refractivity contribution is 14.1. The fourth-order valence-electron chi connectivity index (χ4n) is 2.05. The van der Waals surface area contributed by atoms with Crippen LogP contribution in [-0.4, -0.2) is 45.8 Å². The van der Waals surface area contributed by atoms with Gasteiger partial charge in [0.25, 0.3) is 0 Å². The molecule has 0 aromatic heterocycles. The number of amides is 2. The molecule has 0 unspecified atom stereocenters. The third kappa shape index (κ3) is 3.18. The number of carbonyl (C=O) groups excluding carboxylic acids is 1. The Balaban J connectivity index is 2.13. The number of carbonyl (C=O) groups is 2. The number of likely N-dealkylation sites (tertiary alicyclic amines) is 1. The van der Waals surface area contributed by atoms with Gasteiger partial charge in [-0.2, -0.15) is 0 Å². The number of carboxylic acids is 1. The van der Waals surface area contributed by atoms with Crippen LogP contribution in [0.2, 0.25) is 0 Å². The minimum atomic E-state index is -1.16. The van der Waals surface area contributed by atoms with Gasteiger partial charge in [-0.3, -0.25) is 0 Å². The molecule has 1 aliphatic rings. The minimum Gasteiger partial charge on any atom is -0.480 e. The van der Waals surface area contributed by atoms with Crippen LogP contribution in [0, 0.1) is 9.39 Å². The first-order valence-electron chi connectivity index (χ1n) is 5.82. The summed E-state index contributed by atoms with van der Waals surface area (Å²) in [5, 5.41) is 21.0. The number of β-amino-alcohol motifs (C(OH)–C–C–N with tert-alkyl or cyclic N) is 1. The van der Waals surface area contributed by atoms with Crippen LogP contribution in [0.15, 0.2) is 18.2 Å². The lowest BCUT2D eigenvalue weighted by molar-refractivity contribution is -0.141. The number of aliphatic hydroxyl groups is 1. The molecule has 1 aromatic carbocycles. The number of urea groups is 1. The van der Waals surface area contributed by atoms with Gasteiger partial charge in [-0.1, -0.05) is 0 Å². The molecule has 1 aliphatic heterocycles. The maximum atomic E-state index is 13.0. The molecular formula is C12H12FIN2O4. The predicted octanol–water partition coefficient (Wildman–Crippen LogP) is 1.48. The summed E-state index contributed by atoms with van der Waals surface area (Å²) in [6.07, 6.45) is -0.849. The summed E-state index contributed by atoms with van der Waals surface area (Å²) in [7, 11) is 0. The third-order valence-corrected chi connectivity index (χ3v) is 3.89. The van der Waals surface area contributed by atoms with E-state index >= 15 is 0 Å². The van der Waals surface area contributed by atoms with Crippen LogP contribution in [0.5, 0.6) is 0 Å². The van der Waals surface area contributed by atoms with Crippen LogP contribution in [0.4, 0.5) is 14.9 Å². The summed E-state index contributed by atoms with van der Waals surface area (Å²) in [4.78, 5) is 24.2. The highest BCUT2D eigenvalue weighted by Crippen LogP contribution is 2.22. The molecule has 2 rings (SSSR count). The maximum Gasteiger partial charge on any atom is 0.326 e. The van der Waals surface area contributed by atoms with Crippen molar-refractivity contribution in [3.63, 3.8) is 0 Å². The van der Waals surface area contributed by atoms with E-state index in [1.54, 1.807) is 0 Å². The summed E-state index contributed by atoms with van der Waals surface area (Å²) in [5.41, 5.74) is 0.391. The van der Waals surface area contributed by atoms with Crippen molar-refractivity contribution in [3.8, 4) is 0 Å². The highest BCUT2D eigenvalue weighted by Gasteiger charge is 2.39. The second kappa shape index (κ2) is 5.92. The van der Waals surface area contributed by atoms with Gasteiger partial charge in [-0.05, 0) is 40.8 Å². The lowest BCUT2D eigenvalue weighted by Gasteiger charge is -2.21. The Morgan fingerprint density at radius 1 is 1.45 bits per heavy atom. The number of aliphatic carboxylic acids is 1. The van der Waals surface area contributed by atoms with Crippen LogP contribution in [0.1, 0.15) is 6.42 Å². The Hall–Kier alpha value is -1.42. The lowest BCUT2D eigenvalue weighted by atomic mass is 10.2. The van der Waals surface area contributed by atoms with Gasteiger partial charge in [0.15, 0.2) is 0 Å². The van der Waals surface area contributed by atoms with Crippen LogP contribution < -0.4 is 5.32 Å². The van der Waals surface area contributed by atoms with E-state index in [0.29, 0.717) is 9.26 Å². The molecule has 0 aliphatic carbocycles. The molecule has 20 heavy (non-hydrogen) atoms. The van der Waals surface area contributed by atoms with Crippen LogP contribution in [0.25, 0.3) is 0 Å². The zero-order valence-electron chi connectivity index (χ0n) is 10.2. The van der Waals surface area contributed by atoms with Crippen molar-refractivity contribution in [2.75, 3.05) is 11.9 Å². The highest BCUT2D eigenvalue weighted by atomic mass is 127. The molecule has 1 aromatic rings. The van der Waals surface area contributed by atoms with E-state index in [9.17, 15) is 19.1 Å². The van der Waals surface area contributed by atoms with Gasteiger partial charge in [0.2, 0.25) is 0 Å². The number of halogens is 2. The topological polar surface area (TPSA) is 89.9 Å². The average Bonchev–Trinajstić information content (AvgIpc) is 2.75. The van der Waals surface area contributed by atoms with E-state index in [2.05, 4.69) is 5.32 Å². The lowest BCUT2D eigenvalue weighted by Crippen LogP contribution is -2.43. The Labute approximate surface area is 127 Å². The standard InChI is InChI=1S/C12H12FIN2O4/c13-6-1-2-9(8(14)3-6)15-12(20)16-5-7(17)4-10(16)11(18)19/h1-3,7,10,17H,4-5H2,(H,15,20)(H,18,19)/t7-,10+/m1/s1. The first kappa shape index (κ1) is 15.0. The van der Waals surface area contributed by atoms with Gasteiger partial charge < -0.3 is 20.4 Å². The SMILES string of the molecule is O=C(O)[C@@H]1C[C@@H](O)CN1C(=O)Nc1ccc(F)cc1I. The Bertz CT molecular complexity index is 554. The molecule has 0 spiro atoms. The van der Waals surface area contributed by atoms with Crippen LogP contribution >= 0.6 is 22.6 Å². The number of carboxylic acid groups (broad SMARTS) is 1. The molecular weight excluding hydrogens is 382 g/mol. The molecule has 3 N–H and O–H groups in total. The molecule has 0 bridgehead atoms. The minimum absolute atomic E-state index is 0.00324. The number of aliphatic hydroxyl groups excluding tert-OH is 1. The summed E-state index contributed by atoms with van der Waals surface area (Å²) >= 11 is 1.87. The number of nitrogens with zero attached hydrogens (tertiary/aromatic N) is 1. The zero-order valence-corrected chi connectivity index (χ0v) is 12.4. The molecule has 0 radical (unpaired) electrons. The number of nitrogens with one attached hydrogen (secondary N) is 1. The van der Waals surface area contributed by atoms with Crippen molar-refractivity contribution in [2.45, 2.75) is 18.6 Å². The summed E-state index contributed by atoms with van der Waals surface area (Å²) in [6, 6.07) is 2.17. The number of anilines is 1. The van der Waals surface area contributed by atoms with Crippen LogP contribution in [-0.2, 0) is 4.79 Å². The van der Waals surface area contributed by atoms with Crippen molar-refractivity contribution in [3.05, 3.63) is 27.6 Å². The van der Waals surface area contributed by atoms with Gasteiger partial charge in [0.05, 0.1) is 11.8 Å². The molecule has 1 saturated heterocycles. The number of rotatable bonds is 2. The fourth-order valence-corrected chi connectivity index (χ4v) is 2.66. The van der Waals surface area contributed by atoms with Gasteiger partial charge >= 0.3 is 12.0 Å². The van der Waals surface area contributed by atoms with Gasteiger partial charge in [0.1, 0.15) is 11.9 Å². The van der Waals surface area contributed by atoms with E-state index in [1.165, 1.54) is 18.2 Å². The van der Waals surface area contributed by atoms with E-state index in [1.807, 2.05) is 22.6 Å². The number of hydrogen-bond donors (Lipinski definition) is 3. The van der Waals surface area contributed by atoms with Gasteiger partial charge in [0, 0.05) is 16.5 Å². The Morgan fingerprint density at radius 3 is 2.75 bits per heavy atom. The molecule has 6 nitrogen and oxygen atoms in total. The molecule has 108 valence electrons. The first-order chi connectivity index (χ1) is 9.38. The van der Waals surface area contributed by atoms with Gasteiger partial charge in [-0.15, -0.1) is 0 Å². The van der Waals surface area contributed by atoms with E-state index < -0.39 is 30.0 Å². The Morgan fingerprint density at radius 2 is 2.15 bits per heavy atom. The van der Waals surface area contributed by atoms with Crippen molar-refractivity contribution in [2.24, 2.45) is 0 Å². The second-order valence-electron chi connectivity index (χ2n) is 4.45. The van der Waals surface area contributed by atoms with E-state index in [4.69, 9.17) is 5.11 Å². The summed E-state index contributed by atoms with van der Waals surface area (Å²) < 4.78 is 13.5. The molecule has 2 atom stereocenters. The van der Waals surface area contributed by atoms with E-state index in [0.717, 1.165) is 4.90 Å². The Kier molecular flexibility index (Phi) is 4.43. The normalized spacial score (nSPS) is 21.9. The van der Waals surface area contributed by atoms with Gasteiger partial charge in [-0.25, -0.2) is 14.0 Å². The van der Waals surface area contributed by atoms with Crippen molar-refractivity contribution < 1.29 is 24.2 Å². The molecule has 2 amide bonds. The third-order valence-electron chi connectivity index (χ3n) is 3.00. The number of benzene rings is 1. The van der Waals surface area contributed by atoms with Crippen LogP contribution in [0.3, 0.4) is 0 Å². The van der Waals surface area contributed by atoms with E-state index in [-0.39, 0.29) is 13.0 Å². The average molecular weight is 394 g/mol. The fraction of sp³-hybridized carbons (Fsp3) is 0.333. The smallest absolute Gasteiger partial charge is 0.326 e.